The Morgan fingerprint density at radius 1 is 0.319 bits per heavy atom. The molecule has 0 spiro atoms. The summed E-state index contributed by atoms with van der Waals surface area (Å²) in [6, 6.07) is 59.2. The van der Waals surface area contributed by atoms with E-state index in [2.05, 4.69) is 127 Å². The lowest BCUT2D eigenvalue weighted by atomic mass is 9.92. The maximum atomic E-state index is 13.5. The van der Waals surface area contributed by atoms with Crippen molar-refractivity contribution >= 4 is 10.8 Å². The molecule has 3 heteroatoms. The number of rotatable bonds is 6. The van der Waals surface area contributed by atoms with Crippen LogP contribution in [-0.4, -0.2) is 9.97 Å². The third-order valence-electron chi connectivity index (χ3n) is 8.62. The topological polar surface area (TPSA) is 25.8 Å². The number of hydrogen-bond donors (Lipinski definition) is 0. The van der Waals surface area contributed by atoms with Gasteiger partial charge in [-0.1, -0.05) is 158 Å². The molecule has 0 bridgehead atoms. The Morgan fingerprint density at radius 3 is 1.36 bits per heavy atom. The second kappa shape index (κ2) is 12.3. The Morgan fingerprint density at radius 2 is 0.745 bits per heavy atom. The van der Waals surface area contributed by atoms with E-state index >= 15 is 0 Å². The fourth-order valence-corrected chi connectivity index (χ4v) is 6.17. The van der Waals surface area contributed by atoms with Crippen LogP contribution in [0, 0.1) is 5.82 Å². The van der Waals surface area contributed by atoms with Crippen LogP contribution in [0.2, 0.25) is 0 Å². The van der Waals surface area contributed by atoms with E-state index in [-0.39, 0.29) is 5.82 Å². The minimum absolute atomic E-state index is 0.232. The van der Waals surface area contributed by atoms with Gasteiger partial charge in [0.2, 0.25) is 0 Å². The van der Waals surface area contributed by atoms with Crippen LogP contribution in [-0.2, 0) is 0 Å². The molecule has 7 aromatic carbocycles. The first-order valence-corrected chi connectivity index (χ1v) is 15.7. The quantitative estimate of drug-likeness (QED) is 0.189. The highest BCUT2D eigenvalue weighted by molar-refractivity contribution is 6.05. The fraction of sp³-hybridized carbons (Fsp3) is 0. The van der Waals surface area contributed by atoms with Gasteiger partial charge in [-0.15, -0.1) is 0 Å². The van der Waals surface area contributed by atoms with Gasteiger partial charge in [0, 0.05) is 16.7 Å². The van der Waals surface area contributed by atoms with Crippen molar-refractivity contribution in [3.8, 4) is 67.3 Å². The van der Waals surface area contributed by atoms with Crippen LogP contribution in [0.4, 0.5) is 4.39 Å². The second-order valence-corrected chi connectivity index (χ2v) is 11.6. The fourth-order valence-electron chi connectivity index (χ4n) is 6.17. The van der Waals surface area contributed by atoms with Gasteiger partial charge >= 0.3 is 0 Å². The summed E-state index contributed by atoms with van der Waals surface area (Å²) in [5.74, 6) is 0.458. The molecule has 0 aliphatic rings. The van der Waals surface area contributed by atoms with Gasteiger partial charge in [0.25, 0.3) is 0 Å². The molecule has 0 amide bonds. The van der Waals surface area contributed by atoms with Crippen molar-refractivity contribution in [3.63, 3.8) is 0 Å². The lowest BCUT2D eigenvalue weighted by molar-refractivity contribution is 0.628. The summed E-state index contributed by atoms with van der Waals surface area (Å²) in [6.45, 7) is 0. The third kappa shape index (κ3) is 5.71. The molecule has 0 saturated carbocycles. The molecular formula is C44H29FN2. The van der Waals surface area contributed by atoms with Crippen molar-refractivity contribution in [2.45, 2.75) is 0 Å². The SMILES string of the molecule is Fc1ccc(-c2ccc(-c3ccc(-c4cc(-c5ccc(-c6ccccc6)cc5)nc(-c5ccccc5)n4)c4ccccc34)cc2)cc1. The van der Waals surface area contributed by atoms with Gasteiger partial charge in [0.1, 0.15) is 5.82 Å². The first-order valence-electron chi connectivity index (χ1n) is 15.7. The molecule has 0 N–H and O–H groups in total. The highest BCUT2D eigenvalue weighted by Gasteiger charge is 2.15. The summed E-state index contributed by atoms with van der Waals surface area (Å²) in [5.41, 5.74) is 11.4. The van der Waals surface area contributed by atoms with Crippen LogP contribution in [0.1, 0.15) is 0 Å². The molecule has 8 aromatic rings. The molecule has 0 atom stereocenters. The lowest BCUT2D eigenvalue weighted by Gasteiger charge is -2.14. The molecule has 0 aliphatic carbocycles. The molecule has 222 valence electrons. The van der Waals surface area contributed by atoms with E-state index < -0.39 is 0 Å². The van der Waals surface area contributed by atoms with Crippen molar-refractivity contribution in [1.29, 1.82) is 0 Å². The smallest absolute Gasteiger partial charge is 0.160 e. The normalized spacial score (nSPS) is 11.1. The van der Waals surface area contributed by atoms with Crippen molar-refractivity contribution in [3.05, 3.63) is 182 Å². The highest BCUT2D eigenvalue weighted by atomic mass is 19.1. The molecule has 0 unspecified atom stereocenters. The predicted molar refractivity (Wildman–Crippen MR) is 192 cm³/mol. The van der Waals surface area contributed by atoms with Crippen molar-refractivity contribution < 1.29 is 4.39 Å². The number of halogens is 1. The van der Waals surface area contributed by atoms with Crippen LogP contribution in [0.5, 0.6) is 0 Å². The zero-order valence-corrected chi connectivity index (χ0v) is 25.5. The standard InChI is InChI=1S/C44H29FN2/c45-37-25-23-33(24-26-37)32-15-19-34(20-16-32)38-27-28-41(40-14-8-7-13-39(38)40)43-29-42(46-44(47-43)36-11-5-2-6-12-36)35-21-17-31(18-22-35)30-9-3-1-4-10-30/h1-29H. The zero-order valence-electron chi connectivity index (χ0n) is 25.5. The zero-order chi connectivity index (χ0) is 31.6. The van der Waals surface area contributed by atoms with E-state index in [9.17, 15) is 4.39 Å². The van der Waals surface area contributed by atoms with Gasteiger partial charge in [0.05, 0.1) is 11.4 Å². The summed E-state index contributed by atoms with van der Waals surface area (Å²) >= 11 is 0. The number of hydrogen-bond acceptors (Lipinski definition) is 2. The average Bonchev–Trinajstić information content (AvgIpc) is 3.15. The summed E-state index contributed by atoms with van der Waals surface area (Å²) in [4.78, 5) is 10.2. The average molecular weight is 605 g/mol. The van der Waals surface area contributed by atoms with E-state index in [1.165, 1.54) is 23.3 Å². The molecule has 0 aliphatic heterocycles. The molecule has 8 rings (SSSR count). The summed E-state index contributed by atoms with van der Waals surface area (Å²) < 4.78 is 13.5. The molecule has 47 heavy (non-hydrogen) atoms. The van der Waals surface area contributed by atoms with Crippen LogP contribution in [0.3, 0.4) is 0 Å². The summed E-state index contributed by atoms with van der Waals surface area (Å²) in [7, 11) is 0. The van der Waals surface area contributed by atoms with Gasteiger partial charge in [0.15, 0.2) is 5.82 Å². The Kier molecular flexibility index (Phi) is 7.41. The number of fused-ring (bicyclic) bond motifs is 1. The lowest BCUT2D eigenvalue weighted by Crippen LogP contribution is -1.96. The number of nitrogens with zero attached hydrogens (tertiary/aromatic N) is 2. The van der Waals surface area contributed by atoms with Gasteiger partial charge in [-0.3, -0.25) is 0 Å². The summed E-state index contributed by atoms with van der Waals surface area (Å²) in [5, 5.41) is 2.27. The van der Waals surface area contributed by atoms with Crippen molar-refractivity contribution in [2.24, 2.45) is 0 Å². The maximum Gasteiger partial charge on any atom is 0.160 e. The molecule has 0 radical (unpaired) electrons. The largest absolute Gasteiger partial charge is 0.228 e. The van der Waals surface area contributed by atoms with Crippen LogP contribution in [0.15, 0.2) is 176 Å². The van der Waals surface area contributed by atoms with Gasteiger partial charge in [-0.2, -0.15) is 0 Å². The molecule has 1 aromatic heterocycles. The van der Waals surface area contributed by atoms with Gasteiger partial charge in [-0.25, -0.2) is 14.4 Å². The van der Waals surface area contributed by atoms with E-state index in [1.807, 2.05) is 36.4 Å². The van der Waals surface area contributed by atoms with Crippen LogP contribution >= 0.6 is 0 Å². The molecule has 0 saturated heterocycles. The third-order valence-corrected chi connectivity index (χ3v) is 8.62. The molecule has 1 heterocycles. The Bertz CT molecular complexity index is 2310. The first-order chi connectivity index (χ1) is 23.2. The van der Waals surface area contributed by atoms with Crippen molar-refractivity contribution in [2.75, 3.05) is 0 Å². The second-order valence-electron chi connectivity index (χ2n) is 11.6. The molecule has 2 nitrogen and oxygen atoms in total. The van der Waals surface area contributed by atoms with Crippen LogP contribution < -0.4 is 0 Å². The molecule has 0 fully saturated rings. The monoisotopic (exact) mass is 604 g/mol. The van der Waals surface area contributed by atoms with Crippen LogP contribution in [0.25, 0.3) is 78.1 Å². The number of aromatic nitrogens is 2. The minimum atomic E-state index is -0.232. The summed E-state index contributed by atoms with van der Waals surface area (Å²) in [6.07, 6.45) is 0. The van der Waals surface area contributed by atoms with E-state index in [0.717, 1.165) is 61.1 Å². The Hall–Kier alpha value is -6.19. The van der Waals surface area contributed by atoms with E-state index in [4.69, 9.17) is 9.97 Å². The first kappa shape index (κ1) is 28.3. The molecular weight excluding hydrogens is 575 g/mol. The van der Waals surface area contributed by atoms with E-state index in [0.29, 0.717) is 5.82 Å². The maximum absolute atomic E-state index is 13.5. The van der Waals surface area contributed by atoms with Gasteiger partial charge < -0.3 is 0 Å². The highest BCUT2D eigenvalue weighted by Crippen LogP contribution is 2.37. The van der Waals surface area contributed by atoms with Crippen molar-refractivity contribution in [1.82, 2.24) is 9.97 Å². The van der Waals surface area contributed by atoms with E-state index in [1.54, 1.807) is 0 Å². The Labute approximate surface area is 273 Å². The predicted octanol–water partition coefficient (Wildman–Crippen LogP) is 11.8. The van der Waals surface area contributed by atoms with Gasteiger partial charge in [-0.05, 0) is 62.4 Å². The number of benzene rings is 7. The Balaban J connectivity index is 1.22. The minimum Gasteiger partial charge on any atom is -0.228 e.